The molecular weight excluding hydrogens is 336 g/mol. The van der Waals surface area contributed by atoms with Crippen molar-refractivity contribution in [3.8, 4) is 0 Å². The van der Waals surface area contributed by atoms with Crippen molar-refractivity contribution in [1.29, 1.82) is 0 Å². The Morgan fingerprint density at radius 1 is 1.12 bits per heavy atom. The molecule has 5 nitrogen and oxygen atoms in total. The molecule has 1 atom stereocenters. The van der Waals surface area contributed by atoms with Crippen LogP contribution in [0.5, 0.6) is 0 Å². The number of aryl methyl sites for hydroxylation is 1. The third-order valence-electron chi connectivity index (χ3n) is 4.11. The van der Waals surface area contributed by atoms with Gasteiger partial charge in [0.15, 0.2) is 0 Å². The molecule has 2 aromatic rings. The fraction of sp³-hybridized carbons (Fsp3) is 0.316. The Hall–Kier alpha value is -2.18. The van der Waals surface area contributed by atoms with Crippen molar-refractivity contribution in [2.75, 3.05) is 12.4 Å². The van der Waals surface area contributed by atoms with Gasteiger partial charge in [0.2, 0.25) is 15.9 Å². The van der Waals surface area contributed by atoms with Crippen LogP contribution >= 0.6 is 0 Å². The number of hydrogen-bond acceptors (Lipinski definition) is 3. The number of sulfonamides is 1. The highest BCUT2D eigenvalue weighted by atomic mass is 32.2. The highest BCUT2D eigenvalue weighted by Crippen LogP contribution is 2.25. The minimum Gasteiger partial charge on any atom is -0.326 e. The fourth-order valence-corrected chi connectivity index (χ4v) is 3.72. The van der Waals surface area contributed by atoms with Gasteiger partial charge in [0.1, 0.15) is 0 Å². The van der Waals surface area contributed by atoms with E-state index in [1.54, 1.807) is 19.1 Å². The van der Waals surface area contributed by atoms with Gasteiger partial charge in [0, 0.05) is 5.69 Å². The standard InChI is InChI=1S/C19H24N2O3S/c1-4-8-17(15-9-6-5-7-10-15)19(22)21-16-12-11-14(2)18(13-16)25(23,24)20-3/h5-7,9-13,17,20H,4,8H2,1-3H3,(H,21,22). The first kappa shape index (κ1) is 19.1. The largest absolute Gasteiger partial charge is 0.326 e. The summed E-state index contributed by atoms with van der Waals surface area (Å²) in [6, 6.07) is 14.5. The molecule has 0 aromatic heterocycles. The molecule has 25 heavy (non-hydrogen) atoms. The molecule has 2 rings (SSSR count). The first-order chi connectivity index (χ1) is 11.9. The molecule has 0 radical (unpaired) electrons. The summed E-state index contributed by atoms with van der Waals surface area (Å²) in [5.74, 6) is -0.401. The summed E-state index contributed by atoms with van der Waals surface area (Å²) in [6.07, 6.45) is 1.60. The Kier molecular flexibility index (Phi) is 6.33. The molecular formula is C19H24N2O3S. The monoisotopic (exact) mass is 360 g/mol. The van der Waals surface area contributed by atoms with Gasteiger partial charge in [-0.3, -0.25) is 4.79 Å². The molecule has 2 N–H and O–H groups in total. The van der Waals surface area contributed by atoms with Gasteiger partial charge in [-0.25, -0.2) is 13.1 Å². The van der Waals surface area contributed by atoms with E-state index in [0.29, 0.717) is 11.3 Å². The van der Waals surface area contributed by atoms with E-state index in [4.69, 9.17) is 0 Å². The summed E-state index contributed by atoms with van der Waals surface area (Å²) < 4.78 is 26.5. The van der Waals surface area contributed by atoms with Crippen molar-refractivity contribution in [3.05, 3.63) is 59.7 Å². The summed E-state index contributed by atoms with van der Waals surface area (Å²) >= 11 is 0. The Morgan fingerprint density at radius 2 is 1.80 bits per heavy atom. The summed E-state index contributed by atoms with van der Waals surface area (Å²) in [7, 11) is -2.20. The summed E-state index contributed by atoms with van der Waals surface area (Å²) in [5, 5.41) is 2.86. The SMILES string of the molecule is CCCC(C(=O)Nc1ccc(C)c(S(=O)(=O)NC)c1)c1ccccc1. The maximum absolute atomic E-state index is 12.7. The van der Waals surface area contributed by atoms with Crippen LogP contribution in [-0.2, 0) is 14.8 Å². The number of anilines is 1. The zero-order valence-electron chi connectivity index (χ0n) is 14.7. The van der Waals surface area contributed by atoms with Gasteiger partial charge in [0.25, 0.3) is 0 Å². The van der Waals surface area contributed by atoms with Crippen LogP contribution in [0, 0.1) is 6.92 Å². The van der Waals surface area contributed by atoms with Crippen molar-refractivity contribution in [3.63, 3.8) is 0 Å². The number of hydrogen-bond donors (Lipinski definition) is 2. The Morgan fingerprint density at radius 3 is 2.40 bits per heavy atom. The molecule has 1 amide bonds. The van der Waals surface area contributed by atoms with E-state index < -0.39 is 10.0 Å². The topological polar surface area (TPSA) is 75.3 Å². The molecule has 0 heterocycles. The first-order valence-electron chi connectivity index (χ1n) is 8.29. The Labute approximate surface area is 149 Å². The van der Waals surface area contributed by atoms with Crippen LogP contribution in [-0.4, -0.2) is 21.4 Å². The third-order valence-corrected chi connectivity index (χ3v) is 5.67. The third kappa shape index (κ3) is 4.67. The van der Waals surface area contributed by atoms with E-state index >= 15 is 0 Å². The molecule has 0 saturated heterocycles. The molecule has 0 saturated carbocycles. The van der Waals surface area contributed by atoms with E-state index in [9.17, 15) is 13.2 Å². The van der Waals surface area contributed by atoms with Gasteiger partial charge in [0.05, 0.1) is 10.8 Å². The van der Waals surface area contributed by atoms with Crippen molar-refractivity contribution in [2.24, 2.45) is 0 Å². The lowest BCUT2D eigenvalue weighted by Gasteiger charge is -2.17. The molecule has 0 bridgehead atoms. The highest BCUT2D eigenvalue weighted by molar-refractivity contribution is 7.89. The second-order valence-corrected chi connectivity index (χ2v) is 7.78. The lowest BCUT2D eigenvalue weighted by molar-refractivity contribution is -0.117. The lowest BCUT2D eigenvalue weighted by Crippen LogP contribution is -2.22. The van der Waals surface area contributed by atoms with Crippen LogP contribution < -0.4 is 10.0 Å². The van der Waals surface area contributed by atoms with Gasteiger partial charge in [-0.05, 0) is 43.7 Å². The molecule has 0 spiro atoms. The average Bonchev–Trinajstić information content (AvgIpc) is 2.61. The van der Waals surface area contributed by atoms with Gasteiger partial charge < -0.3 is 5.32 Å². The zero-order valence-corrected chi connectivity index (χ0v) is 15.6. The van der Waals surface area contributed by atoms with E-state index in [2.05, 4.69) is 10.0 Å². The molecule has 134 valence electrons. The van der Waals surface area contributed by atoms with E-state index in [1.807, 2.05) is 37.3 Å². The molecule has 0 fully saturated rings. The number of carbonyl (C=O) groups is 1. The predicted molar refractivity (Wildman–Crippen MR) is 100 cm³/mol. The lowest BCUT2D eigenvalue weighted by atomic mass is 9.93. The van der Waals surface area contributed by atoms with Crippen LogP contribution in [0.25, 0.3) is 0 Å². The number of rotatable bonds is 7. The Bertz CT molecular complexity index is 833. The van der Waals surface area contributed by atoms with Gasteiger partial charge in [-0.1, -0.05) is 49.7 Å². The number of carbonyl (C=O) groups excluding carboxylic acids is 1. The maximum Gasteiger partial charge on any atom is 0.240 e. The summed E-state index contributed by atoms with van der Waals surface area (Å²) in [6.45, 7) is 3.76. The van der Waals surface area contributed by atoms with Crippen molar-refractivity contribution in [1.82, 2.24) is 4.72 Å². The minimum atomic E-state index is -3.57. The Balaban J connectivity index is 2.29. The van der Waals surface area contributed by atoms with Crippen molar-refractivity contribution >= 4 is 21.6 Å². The van der Waals surface area contributed by atoms with E-state index in [-0.39, 0.29) is 16.7 Å². The van der Waals surface area contributed by atoms with Crippen LogP contribution in [0.2, 0.25) is 0 Å². The van der Waals surface area contributed by atoms with Gasteiger partial charge >= 0.3 is 0 Å². The molecule has 2 aromatic carbocycles. The second-order valence-electron chi connectivity index (χ2n) is 5.93. The van der Waals surface area contributed by atoms with E-state index in [0.717, 1.165) is 18.4 Å². The molecule has 0 aliphatic rings. The van der Waals surface area contributed by atoms with Crippen molar-refractivity contribution in [2.45, 2.75) is 37.5 Å². The molecule has 6 heteroatoms. The van der Waals surface area contributed by atoms with Gasteiger partial charge in [-0.2, -0.15) is 0 Å². The van der Waals surface area contributed by atoms with Crippen LogP contribution in [0.1, 0.15) is 36.8 Å². The normalized spacial score (nSPS) is 12.6. The molecule has 0 aliphatic heterocycles. The number of nitrogens with one attached hydrogen (secondary N) is 2. The van der Waals surface area contributed by atoms with Crippen molar-refractivity contribution < 1.29 is 13.2 Å². The summed E-state index contributed by atoms with van der Waals surface area (Å²) in [4.78, 5) is 12.9. The van der Waals surface area contributed by atoms with Crippen LogP contribution in [0.4, 0.5) is 5.69 Å². The average molecular weight is 360 g/mol. The zero-order chi connectivity index (χ0) is 18.4. The predicted octanol–water partition coefficient (Wildman–Crippen LogP) is 3.43. The quantitative estimate of drug-likeness (QED) is 0.794. The van der Waals surface area contributed by atoms with Crippen LogP contribution in [0.3, 0.4) is 0 Å². The fourth-order valence-electron chi connectivity index (χ4n) is 2.73. The first-order valence-corrected chi connectivity index (χ1v) is 9.77. The van der Waals surface area contributed by atoms with Crippen LogP contribution in [0.15, 0.2) is 53.4 Å². The minimum absolute atomic E-state index is 0.135. The highest BCUT2D eigenvalue weighted by Gasteiger charge is 2.21. The molecule has 0 aliphatic carbocycles. The van der Waals surface area contributed by atoms with Gasteiger partial charge in [-0.15, -0.1) is 0 Å². The molecule has 1 unspecified atom stereocenters. The van der Waals surface area contributed by atoms with E-state index in [1.165, 1.54) is 13.1 Å². The smallest absolute Gasteiger partial charge is 0.240 e. The summed E-state index contributed by atoms with van der Waals surface area (Å²) in [5.41, 5.74) is 2.05. The second kappa shape index (κ2) is 8.27. The number of amides is 1. The number of benzene rings is 2. The maximum atomic E-state index is 12.7.